The van der Waals surface area contributed by atoms with E-state index in [1.807, 2.05) is 6.92 Å². The Morgan fingerprint density at radius 1 is 1.38 bits per heavy atom. The Labute approximate surface area is 111 Å². The van der Waals surface area contributed by atoms with Crippen LogP contribution in [-0.4, -0.2) is 23.3 Å². The van der Waals surface area contributed by atoms with Gasteiger partial charge in [-0.05, 0) is 60.1 Å². The molecule has 1 aliphatic carbocycles. The number of rotatable bonds is 5. The minimum absolute atomic E-state index is 0.643. The summed E-state index contributed by atoms with van der Waals surface area (Å²) in [5, 5.41) is 13.6. The summed E-state index contributed by atoms with van der Waals surface area (Å²) < 4.78 is 1.23. The van der Waals surface area contributed by atoms with Gasteiger partial charge in [-0.3, -0.25) is 0 Å². The van der Waals surface area contributed by atoms with Crippen LogP contribution in [0.3, 0.4) is 0 Å². The maximum Gasteiger partial charge on any atom is 0.0783 e. The minimum atomic E-state index is -0.643. The fraction of sp³-hybridized carbons (Fsp3) is 0.538. The van der Waals surface area contributed by atoms with Crippen molar-refractivity contribution in [2.24, 2.45) is 0 Å². The minimum Gasteiger partial charge on any atom is -0.389 e. The number of benzene rings is 1. The molecule has 0 radical (unpaired) electrons. The molecule has 1 aliphatic rings. The van der Waals surface area contributed by atoms with Crippen molar-refractivity contribution in [2.45, 2.75) is 37.8 Å². The van der Waals surface area contributed by atoms with Crippen molar-refractivity contribution in [3.8, 4) is 0 Å². The van der Waals surface area contributed by atoms with E-state index in [1.54, 1.807) is 0 Å². The van der Waals surface area contributed by atoms with Crippen LogP contribution in [0.25, 0.3) is 0 Å². The highest BCUT2D eigenvalue weighted by Gasteiger charge is 2.26. The van der Waals surface area contributed by atoms with E-state index in [0.717, 1.165) is 0 Å². The Morgan fingerprint density at radius 2 is 2.00 bits per heavy atom. The number of halogens is 1. The highest BCUT2D eigenvalue weighted by molar-refractivity contribution is 14.1. The fourth-order valence-corrected chi connectivity index (χ4v) is 2.12. The summed E-state index contributed by atoms with van der Waals surface area (Å²) in [6.45, 7) is 2.59. The van der Waals surface area contributed by atoms with E-state index < -0.39 is 5.60 Å². The maximum atomic E-state index is 10.2. The van der Waals surface area contributed by atoms with Crippen LogP contribution < -0.4 is 5.32 Å². The average Bonchev–Trinajstić information content (AvgIpc) is 3.02. The third-order valence-electron chi connectivity index (χ3n) is 2.85. The van der Waals surface area contributed by atoms with Gasteiger partial charge in [-0.2, -0.15) is 0 Å². The lowest BCUT2D eigenvalue weighted by molar-refractivity contribution is 0.0597. The second-order valence-corrected chi connectivity index (χ2v) is 6.20. The Balaban J connectivity index is 1.87. The molecule has 1 aromatic carbocycles. The Hall–Kier alpha value is -0.130. The van der Waals surface area contributed by atoms with Gasteiger partial charge in [-0.1, -0.05) is 12.1 Å². The zero-order valence-electron chi connectivity index (χ0n) is 9.54. The van der Waals surface area contributed by atoms with E-state index in [-0.39, 0.29) is 0 Å². The molecule has 2 rings (SSSR count). The molecule has 1 unspecified atom stereocenters. The molecule has 2 N–H and O–H groups in total. The van der Waals surface area contributed by atoms with Gasteiger partial charge in [0.05, 0.1) is 5.60 Å². The summed E-state index contributed by atoms with van der Waals surface area (Å²) in [7, 11) is 0. The Kier molecular flexibility index (Phi) is 3.87. The van der Waals surface area contributed by atoms with Crippen LogP contribution in [0.4, 0.5) is 0 Å². The summed E-state index contributed by atoms with van der Waals surface area (Å²) in [6.07, 6.45) is 3.24. The van der Waals surface area contributed by atoms with Gasteiger partial charge in [0, 0.05) is 22.6 Å². The SMILES string of the molecule is CC(O)(CNC1CC1)Cc1ccc(I)cc1. The van der Waals surface area contributed by atoms with Crippen molar-refractivity contribution in [3.63, 3.8) is 0 Å². The maximum absolute atomic E-state index is 10.2. The highest BCUT2D eigenvalue weighted by Crippen LogP contribution is 2.20. The monoisotopic (exact) mass is 331 g/mol. The van der Waals surface area contributed by atoms with Crippen LogP contribution in [0.5, 0.6) is 0 Å². The molecule has 0 amide bonds. The van der Waals surface area contributed by atoms with Crippen molar-refractivity contribution in [2.75, 3.05) is 6.54 Å². The van der Waals surface area contributed by atoms with E-state index in [0.29, 0.717) is 19.0 Å². The average molecular weight is 331 g/mol. The summed E-state index contributed by atoms with van der Waals surface area (Å²) in [4.78, 5) is 0. The second-order valence-electron chi connectivity index (χ2n) is 4.96. The van der Waals surface area contributed by atoms with Gasteiger partial charge >= 0.3 is 0 Å². The van der Waals surface area contributed by atoms with Crippen molar-refractivity contribution < 1.29 is 5.11 Å². The summed E-state index contributed by atoms with van der Waals surface area (Å²) >= 11 is 2.29. The van der Waals surface area contributed by atoms with Crippen LogP contribution in [0.1, 0.15) is 25.3 Å². The first-order chi connectivity index (χ1) is 7.55. The van der Waals surface area contributed by atoms with Crippen LogP contribution in [0, 0.1) is 3.57 Å². The second kappa shape index (κ2) is 5.02. The normalized spacial score (nSPS) is 19.4. The van der Waals surface area contributed by atoms with Gasteiger partial charge in [0.1, 0.15) is 0 Å². The molecule has 0 aromatic heterocycles. The molecule has 1 saturated carbocycles. The molecule has 1 fully saturated rings. The fourth-order valence-electron chi connectivity index (χ4n) is 1.76. The van der Waals surface area contributed by atoms with Crippen molar-refractivity contribution in [1.29, 1.82) is 0 Å². The molecule has 3 heteroatoms. The summed E-state index contributed by atoms with van der Waals surface area (Å²) in [5.41, 5.74) is 0.554. The summed E-state index contributed by atoms with van der Waals surface area (Å²) in [5.74, 6) is 0. The summed E-state index contributed by atoms with van der Waals surface area (Å²) in [6, 6.07) is 9.00. The quantitative estimate of drug-likeness (QED) is 0.812. The van der Waals surface area contributed by atoms with Crippen molar-refractivity contribution in [1.82, 2.24) is 5.32 Å². The zero-order valence-corrected chi connectivity index (χ0v) is 11.7. The van der Waals surface area contributed by atoms with E-state index in [2.05, 4.69) is 52.2 Å². The molecule has 88 valence electrons. The lowest BCUT2D eigenvalue weighted by Gasteiger charge is -2.24. The highest BCUT2D eigenvalue weighted by atomic mass is 127. The van der Waals surface area contributed by atoms with E-state index >= 15 is 0 Å². The first-order valence-corrected chi connectivity index (χ1v) is 6.83. The number of aliphatic hydroxyl groups is 1. The van der Waals surface area contributed by atoms with Gasteiger partial charge in [-0.25, -0.2) is 0 Å². The van der Waals surface area contributed by atoms with Gasteiger partial charge in [0.2, 0.25) is 0 Å². The molecule has 2 nitrogen and oxygen atoms in total. The standard InChI is InChI=1S/C13H18INO/c1-13(16,9-15-12-6-7-12)8-10-2-4-11(14)5-3-10/h2-5,12,15-16H,6-9H2,1H3. The number of hydrogen-bond donors (Lipinski definition) is 2. The molecule has 0 heterocycles. The molecule has 1 atom stereocenters. The van der Waals surface area contributed by atoms with Crippen LogP contribution >= 0.6 is 22.6 Å². The van der Waals surface area contributed by atoms with Crippen molar-refractivity contribution in [3.05, 3.63) is 33.4 Å². The molecule has 0 spiro atoms. The smallest absolute Gasteiger partial charge is 0.0783 e. The molecule has 0 aliphatic heterocycles. The molecule has 16 heavy (non-hydrogen) atoms. The Bertz CT molecular complexity index is 343. The van der Waals surface area contributed by atoms with Gasteiger partial charge in [-0.15, -0.1) is 0 Å². The van der Waals surface area contributed by atoms with Crippen LogP contribution in [-0.2, 0) is 6.42 Å². The Morgan fingerprint density at radius 3 is 2.56 bits per heavy atom. The van der Waals surface area contributed by atoms with Gasteiger partial charge in [0.15, 0.2) is 0 Å². The molecule has 0 bridgehead atoms. The molecular weight excluding hydrogens is 313 g/mol. The van der Waals surface area contributed by atoms with E-state index in [4.69, 9.17) is 0 Å². The third kappa shape index (κ3) is 4.03. The number of nitrogens with one attached hydrogen (secondary N) is 1. The van der Waals surface area contributed by atoms with E-state index in [1.165, 1.54) is 22.0 Å². The number of hydrogen-bond acceptors (Lipinski definition) is 2. The zero-order chi connectivity index (χ0) is 11.6. The van der Waals surface area contributed by atoms with Gasteiger partial charge < -0.3 is 10.4 Å². The van der Waals surface area contributed by atoms with Crippen LogP contribution in [0.2, 0.25) is 0 Å². The molecule has 1 aromatic rings. The first kappa shape index (κ1) is 12.3. The molecular formula is C13H18INO. The lowest BCUT2D eigenvalue weighted by Crippen LogP contribution is -2.40. The predicted molar refractivity (Wildman–Crippen MR) is 74.5 cm³/mol. The van der Waals surface area contributed by atoms with Crippen molar-refractivity contribution >= 4 is 22.6 Å². The third-order valence-corrected chi connectivity index (χ3v) is 3.57. The lowest BCUT2D eigenvalue weighted by atomic mass is 9.96. The van der Waals surface area contributed by atoms with Gasteiger partial charge in [0.25, 0.3) is 0 Å². The van der Waals surface area contributed by atoms with E-state index in [9.17, 15) is 5.11 Å². The first-order valence-electron chi connectivity index (χ1n) is 5.75. The van der Waals surface area contributed by atoms with Crippen LogP contribution in [0.15, 0.2) is 24.3 Å². The molecule has 0 saturated heterocycles. The topological polar surface area (TPSA) is 32.3 Å². The predicted octanol–water partition coefficient (Wildman–Crippen LogP) is 2.34. The largest absolute Gasteiger partial charge is 0.389 e.